The van der Waals surface area contributed by atoms with Gasteiger partial charge < -0.3 is 15.0 Å². The van der Waals surface area contributed by atoms with E-state index in [1.54, 1.807) is 7.05 Å². The average molecular weight is 518 g/mol. The van der Waals surface area contributed by atoms with Crippen LogP contribution in [-0.2, 0) is 31.1 Å². The molecule has 4 rings (SSSR count). The van der Waals surface area contributed by atoms with Gasteiger partial charge in [-0.25, -0.2) is 18.2 Å². The van der Waals surface area contributed by atoms with Crippen LogP contribution in [0.1, 0.15) is 48.2 Å². The van der Waals surface area contributed by atoms with E-state index in [-0.39, 0.29) is 23.9 Å². The van der Waals surface area contributed by atoms with E-state index in [4.69, 9.17) is 4.74 Å². The van der Waals surface area contributed by atoms with E-state index >= 15 is 4.39 Å². The van der Waals surface area contributed by atoms with Gasteiger partial charge in [-0.1, -0.05) is 11.3 Å². The molecule has 1 saturated carbocycles. The molecule has 1 amide bonds. The second-order valence-electron chi connectivity index (χ2n) is 9.43. The van der Waals surface area contributed by atoms with Crippen LogP contribution in [0.2, 0.25) is 0 Å². The van der Waals surface area contributed by atoms with Crippen molar-refractivity contribution in [2.24, 2.45) is 7.05 Å². The first-order valence-electron chi connectivity index (χ1n) is 12.0. The number of hydrogen-bond acceptors (Lipinski definition) is 6. The molecule has 7 nitrogen and oxygen atoms in total. The number of ether oxygens (including phenoxy) is 1. The zero-order valence-corrected chi connectivity index (χ0v) is 20.6. The summed E-state index contributed by atoms with van der Waals surface area (Å²) in [6.07, 6.45) is 2.63. The van der Waals surface area contributed by atoms with E-state index in [9.17, 15) is 18.0 Å². The zero-order chi connectivity index (χ0) is 25.0. The van der Waals surface area contributed by atoms with Crippen molar-refractivity contribution >= 4 is 17.2 Å². The molecule has 194 valence electrons. The Balaban J connectivity index is 1.17. The SMILES string of the molecule is Cn1cc(CC(=O)N[C@H]2CC[C@](F)(CCN3CCc4nc(OCC(F)F)sc4CC3)CC2)c(F)n1. The quantitative estimate of drug-likeness (QED) is 0.516. The first kappa shape index (κ1) is 25.9. The normalized spacial score (nSPS) is 23.2. The number of thiazole rings is 1. The first-order chi connectivity index (χ1) is 16.7. The van der Waals surface area contributed by atoms with Gasteiger partial charge in [-0.3, -0.25) is 9.48 Å². The summed E-state index contributed by atoms with van der Waals surface area (Å²) in [5.74, 6) is -0.921. The van der Waals surface area contributed by atoms with Crippen LogP contribution in [0.25, 0.3) is 0 Å². The van der Waals surface area contributed by atoms with Crippen LogP contribution < -0.4 is 10.1 Å². The lowest BCUT2D eigenvalue weighted by atomic mass is 9.81. The second-order valence-corrected chi connectivity index (χ2v) is 10.5. The molecule has 2 aromatic rings. The third kappa shape index (κ3) is 7.16. The minimum Gasteiger partial charge on any atom is -0.464 e. The Hall–Kier alpha value is -2.21. The van der Waals surface area contributed by atoms with Crippen LogP contribution >= 0.6 is 11.3 Å². The van der Waals surface area contributed by atoms with Crippen molar-refractivity contribution in [2.75, 3.05) is 26.2 Å². The molecule has 1 N–H and O–H groups in total. The highest BCUT2D eigenvalue weighted by molar-refractivity contribution is 7.13. The van der Waals surface area contributed by atoms with Crippen molar-refractivity contribution in [3.63, 3.8) is 0 Å². The summed E-state index contributed by atoms with van der Waals surface area (Å²) in [5, 5.41) is 6.80. The predicted octanol–water partition coefficient (Wildman–Crippen LogP) is 3.46. The van der Waals surface area contributed by atoms with Gasteiger partial charge in [-0.05, 0) is 38.5 Å². The topological polar surface area (TPSA) is 72.3 Å². The van der Waals surface area contributed by atoms with Crippen LogP contribution in [-0.4, -0.2) is 69.9 Å². The standard InChI is InChI=1S/C23H31F4N5O2S/c1-31-13-15(21(26)30-31)12-20(33)28-16-2-6-23(27,7-3-16)8-11-32-9-4-17-18(5-10-32)35-22(29-17)34-14-19(24)25/h13,16,19H,2-12,14H2,1H3,(H,28,33)/t16-,23+. The second kappa shape index (κ2) is 11.2. The summed E-state index contributed by atoms with van der Waals surface area (Å²) in [6.45, 7) is 1.50. The summed E-state index contributed by atoms with van der Waals surface area (Å²) in [7, 11) is 1.60. The lowest BCUT2D eigenvalue weighted by Gasteiger charge is -2.35. The Morgan fingerprint density at radius 2 is 2.06 bits per heavy atom. The van der Waals surface area contributed by atoms with Gasteiger partial charge >= 0.3 is 0 Å². The molecular weight excluding hydrogens is 486 g/mol. The molecule has 2 aromatic heterocycles. The van der Waals surface area contributed by atoms with Gasteiger partial charge in [0.25, 0.3) is 11.6 Å². The molecule has 0 aromatic carbocycles. The molecule has 0 radical (unpaired) electrons. The van der Waals surface area contributed by atoms with Crippen molar-refractivity contribution in [2.45, 2.75) is 69.5 Å². The fraction of sp³-hybridized carbons (Fsp3) is 0.696. The summed E-state index contributed by atoms with van der Waals surface area (Å²) in [4.78, 5) is 19.9. The van der Waals surface area contributed by atoms with Gasteiger partial charge in [-0.2, -0.15) is 4.39 Å². The molecule has 1 aliphatic heterocycles. The number of carbonyl (C=O) groups is 1. The molecular formula is C23H31F4N5O2S. The van der Waals surface area contributed by atoms with E-state index in [0.29, 0.717) is 50.3 Å². The molecule has 3 heterocycles. The number of nitrogens with one attached hydrogen (secondary N) is 1. The summed E-state index contributed by atoms with van der Waals surface area (Å²) < 4.78 is 60.2. The van der Waals surface area contributed by atoms with Crippen molar-refractivity contribution < 1.29 is 27.1 Å². The highest BCUT2D eigenvalue weighted by Crippen LogP contribution is 2.35. The van der Waals surface area contributed by atoms with E-state index in [2.05, 4.69) is 20.3 Å². The zero-order valence-electron chi connectivity index (χ0n) is 19.7. The summed E-state index contributed by atoms with van der Waals surface area (Å²) in [6, 6.07) is -0.104. The number of alkyl halides is 3. The number of aryl methyl sites for hydroxylation is 1. The molecule has 0 spiro atoms. The fourth-order valence-corrected chi connectivity index (χ4v) is 5.73. The smallest absolute Gasteiger partial charge is 0.273 e. The van der Waals surface area contributed by atoms with Crippen molar-refractivity contribution in [3.05, 3.63) is 28.3 Å². The molecule has 0 atom stereocenters. The third-order valence-electron chi connectivity index (χ3n) is 6.74. The Kier molecular flexibility index (Phi) is 8.31. The van der Waals surface area contributed by atoms with E-state index in [0.717, 1.165) is 30.1 Å². The number of halogens is 4. The lowest BCUT2D eigenvalue weighted by molar-refractivity contribution is -0.121. The van der Waals surface area contributed by atoms with Crippen molar-refractivity contribution in [1.82, 2.24) is 25.0 Å². The number of hydrogen-bond donors (Lipinski definition) is 1. The molecule has 0 unspecified atom stereocenters. The number of carbonyl (C=O) groups excluding carboxylic acids is 1. The number of aromatic nitrogens is 3. The monoisotopic (exact) mass is 517 g/mol. The van der Waals surface area contributed by atoms with Crippen molar-refractivity contribution in [3.8, 4) is 5.19 Å². The first-order valence-corrected chi connectivity index (χ1v) is 12.8. The maximum absolute atomic E-state index is 15.5. The number of fused-ring (bicyclic) bond motifs is 1. The molecule has 0 saturated heterocycles. The van der Waals surface area contributed by atoms with E-state index in [1.165, 1.54) is 22.2 Å². The van der Waals surface area contributed by atoms with Gasteiger partial charge in [0, 0.05) is 55.8 Å². The van der Waals surface area contributed by atoms with Crippen LogP contribution in [0.5, 0.6) is 5.19 Å². The van der Waals surface area contributed by atoms with Crippen LogP contribution in [0.3, 0.4) is 0 Å². The Labute approximate surface area is 205 Å². The molecule has 2 aliphatic rings. The van der Waals surface area contributed by atoms with Crippen LogP contribution in [0, 0.1) is 5.95 Å². The van der Waals surface area contributed by atoms with Crippen molar-refractivity contribution in [1.29, 1.82) is 0 Å². The highest BCUT2D eigenvalue weighted by atomic mass is 32.1. The van der Waals surface area contributed by atoms with Crippen LogP contribution in [0.15, 0.2) is 6.20 Å². The number of nitrogens with zero attached hydrogens (tertiary/aromatic N) is 4. The van der Waals surface area contributed by atoms with Gasteiger partial charge in [0.2, 0.25) is 11.9 Å². The molecule has 1 aliphatic carbocycles. The van der Waals surface area contributed by atoms with Gasteiger partial charge in [0.15, 0.2) is 6.61 Å². The largest absolute Gasteiger partial charge is 0.464 e. The predicted molar refractivity (Wildman–Crippen MR) is 123 cm³/mol. The number of amides is 1. The van der Waals surface area contributed by atoms with Gasteiger partial charge in [0.05, 0.1) is 12.1 Å². The highest BCUT2D eigenvalue weighted by Gasteiger charge is 2.36. The third-order valence-corrected chi connectivity index (χ3v) is 7.81. The fourth-order valence-electron chi connectivity index (χ4n) is 4.77. The lowest BCUT2D eigenvalue weighted by Crippen LogP contribution is -2.43. The maximum Gasteiger partial charge on any atom is 0.273 e. The average Bonchev–Trinajstić information content (AvgIpc) is 3.28. The van der Waals surface area contributed by atoms with Crippen LogP contribution in [0.4, 0.5) is 17.6 Å². The minimum absolute atomic E-state index is 0.0773. The Morgan fingerprint density at radius 3 is 2.74 bits per heavy atom. The molecule has 12 heteroatoms. The Bertz CT molecular complexity index is 981. The minimum atomic E-state index is -2.52. The molecule has 35 heavy (non-hydrogen) atoms. The van der Waals surface area contributed by atoms with Gasteiger partial charge in [0.1, 0.15) is 5.67 Å². The van der Waals surface area contributed by atoms with E-state index < -0.39 is 24.6 Å². The maximum atomic E-state index is 15.5. The summed E-state index contributed by atoms with van der Waals surface area (Å²) >= 11 is 1.32. The van der Waals surface area contributed by atoms with Gasteiger partial charge in [-0.15, -0.1) is 5.10 Å². The summed E-state index contributed by atoms with van der Waals surface area (Å²) in [5.41, 5.74) is -0.124. The molecule has 1 fully saturated rings. The Morgan fingerprint density at radius 1 is 1.31 bits per heavy atom. The van der Waals surface area contributed by atoms with E-state index in [1.807, 2.05) is 0 Å². The number of rotatable bonds is 9. The molecule has 0 bridgehead atoms.